The predicted molar refractivity (Wildman–Crippen MR) is 84.7 cm³/mol. The van der Waals surface area contributed by atoms with Gasteiger partial charge in [0.15, 0.2) is 16.6 Å². The van der Waals surface area contributed by atoms with E-state index in [4.69, 9.17) is 9.47 Å². The quantitative estimate of drug-likeness (QED) is 0.873. The molecule has 114 valence electrons. The molecule has 2 aromatic carbocycles. The van der Waals surface area contributed by atoms with E-state index in [1.807, 2.05) is 30.3 Å². The topological polar surface area (TPSA) is 52.6 Å². The molecule has 1 heterocycles. The van der Waals surface area contributed by atoms with Crippen molar-refractivity contribution in [1.82, 2.24) is 0 Å². The molecule has 0 radical (unpaired) electrons. The molecular formula is C17H16O4S. The lowest BCUT2D eigenvalue weighted by atomic mass is 10.0. The second-order valence-corrected chi connectivity index (χ2v) is 7.10. The Labute approximate surface area is 129 Å². The Morgan fingerprint density at radius 1 is 0.909 bits per heavy atom. The van der Waals surface area contributed by atoms with Gasteiger partial charge in [-0.05, 0) is 17.7 Å². The summed E-state index contributed by atoms with van der Waals surface area (Å²) in [6.07, 6.45) is 1.20. The van der Waals surface area contributed by atoms with E-state index in [9.17, 15) is 8.42 Å². The summed E-state index contributed by atoms with van der Waals surface area (Å²) in [5.74, 6) is 0.777. The molecule has 3 rings (SSSR count). The van der Waals surface area contributed by atoms with E-state index in [0.29, 0.717) is 11.5 Å². The molecule has 4 nitrogen and oxygen atoms in total. The van der Waals surface area contributed by atoms with Gasteiger partial charge in [-0.2, -0.15) is 0 Å². The van der Waals surface area contributed by atoms with E-state index in [-0.39, 0.29) is 6.79 Å². The third-order valence-corrected chi connectivity index (χ3v) is 4.60. The normalized spacial score (nSPS) is 15.5. The first-order valence-electron chi connectivity index (χ1n) is 6.85. The van der Waals surface area contributed by atoms with Gasteiger partial charge >= 0.3 is 0 Å². The molecule has 2 aromatic rings. The molecule has 5 heteroatoms. The Morgan fingerprint density at radius 3 is 2.23 bits per heavy atom. The summed E-state index contributed by atoms with van der Waals surface area (Å²) in [7, 11) is -3.19. The molecule has 0 spiro atoms. The first-order valence-corrected chi connectivity index (χ1v) is 8.74. The molecular weight excluding hydrogens is 300 g/mol. The molecule has 1 aliphatic rings. The van der Waals surface area contributed by atoms with Crippen LogP contribution in [0.2, 0.25) is 0 Å². The molecule has 0 bridgehead atoms. The van der Waals surface area contributed by atoms with Gasteiger partial charge in [-0.3, -0.25) is 0 Å². The number of benzene rings is 2. The van der Waals surface area contributed by atoms with Crippen LogP contribution in [0.3, 0.4) is 0 Å². The molecule has 0 aromatic heterocycles. The van der Waals surface area contributed by atoms with Gasteiger partial charge in [-0.1, -0.05) is 42.5 Å². The van der Waals surface area contributed by atoms with E-state index < -0.39 is 9.84 Å². The summed E-state index contributed by atoms with van der Waals surface area (Å²) >= 11 is 0. The highest BCUT2D eigenvalue weighted by Crippen LogP contribution is 2.31. The van der Waals surface area contributed by atoms with Gasteiger partial charge < -0.3 is 9.47 Å². The molecule has 1 aliphatic heterocycles. The minimum Gasteiger partial charge on any atom is -0.467 e. The van der Waals surface area contributed by atoms with E-state index in [0.717, 1.165) is 22.5 Å². The number of sulfone groups is 1. The highest BCUT2D eigenvalue weighted by Gasteiger charge is 2.18. The molecule has 0 atom stereocenters. The van der Waals surface area contributed by atoms with Crippen molar-refractivity contribution in [2.75, 3.05) is 19.7 Å². The third kappa shape index (κ3) is 3.05. The van der Waals surface area contributed by atoms with Crippen molar-refractivity contribution < 1.29 is 17.9 Å². The molecule has 22 heavy (non-hydrogen) atoms. The van der Waals surface area contributed by atoms with Crippen LogP contribution in [-0.2, 0) is 19.3 Å². The Morgan fingerprint density at radius 2 is 1.59 bits per heavy atom. The zero-order valence-corrected chi connectivity index (χ0v) is 13.0. The zero-order valence-electron chi connectivity index (χ0n) is 12.2. The summed E-state index contributed by atoms with van der Waals surface area (Å²) < 4.78 is 34.1. The maximum atomic E-state index is 11.5. The van der Waals surface area contributed by atoms with Crippen LogP contribution in [0.4, 0.5) is 0 Å². The van der Waals surface area contributed by atoms with Crippen LogP contribution in [0.5, 0.6) is 0 Å². The monoisotopic (exact) mass is 316 g/mol. The zero-order chi connectivity index (χ0) is 15.6. The Bertz CT molecular complexity index is 790. The fourth-order valence-electron chi connectivity index (χ4n) is 2.36. The Hall–Kier alpha value is -2.11. The summed E-state index contributed by atoms with van der Waals surface area (Å²) in [5, 5.41) is 0. The Balaban J connectivity index is 2.05. The van der Waals surface area contributed by atoms with Gasteiger partial charge in [0.1, 0.15) is 5.76 Å². The fraction of sp³-hybridized carbons (Fsp3) is 0.176. The SMILES string of the molecule is CS(=O)(=O)c1ccc(C2=C(c3ccccc3)OCOC2)cc1. The van der Waals surface area contributed by atoms with Gasteiger partial charge in [-0.15, -0.1) is 0 Å². The molecule has 0 aliphatic carbocycles. The van der Waals surface area contributed by atoms with Crippen LogP contribution in [0, 0.1) is 0 Å². The third-order valence-electron chi connectivity index (χ3n) is 3.47. The summed E-state index contributed by atoms with van der Waals surface area (Å²) in [6, 6.07) is 16.6. The highest BCUT2D eigenvalue weighted by atomic mass is 32.2. The molecule has 0 fully saturated rings. The average Bonchev–Trinajstić information content (AvgIpc) is 2.55. The van der Waals surface area contributed by atoms with Crippen molar-refractivity contribution in [3.05, 3.63) is 65.7 Å². The van der Waals surface area contributed by atoms with Crippen molar-refractivity contribution in [2.24, 2.45) is 0 Å². The van der Waals surface area contributed by atoms with Gasteiger partial charge in [0.25, 0.3) is 0 Å². The van der Waals surface area contributed by atoms with Gasteiger partial charge in [0.05, 0.1) is 11.5 Å². The highest BCUT2D eigenvalue weighted by molar-refractivity contribution is 7.90. The summed E-state index contributed by atoms with van der Waals surface area (Å²) in [4.78, 5) is 0.302. The van der Waals surface area contributed by atoms with Crippen LogP contribution < -0.4 is 0 Å². The minimum atomic E-state index is -3.19. The molecule has 0 saturated heterocycles. The lowest BCUT2D eigenvalue weighted by Crippen LogP contribution is -2.12. The maximum absolute atomic E-state index is 11.5. The Kier molecular flexibility index (Phi) is 4.00. The van der Waals surface area contributed by atoms with Crippen molar-refractivity contribution >= 4 is 21.2 Å². The second-order valence-electron chi connectivity index (χ2n) is 5.08. The van der Waals surface area contributed by atoms with Gasteiger partial charge in [0.2, 0.25) is 0 Å². The van der Waals surface area contributed by atoms with E-state index in [1.54, 1.807) is 24.3 Å². The smallest absolute Gasteiger partial charge is 0.189 e. The van der Waals surface area contributed by atoms with Gasteiger partial charge in [-0.25, -0.2) is 8.42 Å². The standard InChI is InChI=1S/C17H16O4S/c1-22(18,19)15-9-7-13(8-10-15)16-11-20-12-21-17(16)14-5-3-2-4-6-14/h2-10H,11-12H2,1H3. The van der Waals surface area contributed by atoms with Crippen LogP contribution in [0.15, 0.2) is 59.5 Å². The first-order chi connectivity index (χ1) is 10.6. The summed E-state index contributed by atoms with van der Waals surface area (Å²) in [5.41, 5.74) is 2.79. The van der Waals surface area contributed by atoms with Crippen molar-refractivity contribution in [3.8, 4) is 0 Å². The number of hydrogen-bond donors (Lipinski definition) is 0. The predicted octanol–water partition coefficient (Wildman–Crippen LogP) is 2.96. The maximum Gasteiger partial charge on any atom is 0.189 e. The first kappa shape index (κ1) is 14.8. The lowest BCUT2D eigenvalue weighted by molar-refractivity contribution is 0.00292. The van der Waals surface area contributed by atoms with Crippen LogP contribution in [0.1, 0.15) is 11.1 Å². The van der Waals surface area contributed by atoms with Crippen molar-refractivity contribution in [2.45, 2.75) is 4.90 Å². The van der Waals surface area contributed by atoms with Crippen LogP contribution in [0.25, 0.3) is 11.3 Å². The van der Waals surface area contributed by atoms with E-state index >= 15 is 0 Å². The van der Waals surface area contributed by atoms with Crippen LogP contribution in [-0.4, -0.2) is 28.1 Å². The van der Waals surface area contributed by atoms with Crippen molar-refractivity contribution in [3.63, 3.8) is 0 Å². The number of rotatable bonds is 3. The molecule has 0 amide bonds. The molecule has 0 saturated carbocycles. The average molecular weight is 316 g/mol. The van der Waals surface area contributed by atoms with Crippen molar-refractivity contribution in [1.29, 1.82) is 0 Å². The van der Waals surface area contributed by atoms with Crippen LogP contribution >= 0.6 is 0 Å². The largest absolute Gasteiger partial charge is 0.467 e. The number of hydrogen-bond acceptors (Lipinski definition) is 4. The summed E-state index contributed by atoms with van der Waals surface area (Å²) in [6.45, 7) is 0.650. The minimum absolute atomic E-state index is 0.217. The van der Waals surface area contributed by atoms with Gasteiger partial charge in [0, 0.05) is 17.4 Å². The lowest BCUT2D eigenvalue weighted by Gasteiger charge is -2.22. The molecule has 0 unspecified atom stereocenters. The van der Waals surface area contributed by atoms with E-state index in [2.05, 4.69) is 0 Å². The molecule has 0 N–H and O–H groups in total. The van der Waals surface area contributed by atoms with E-state index in [1.165, 1.54) is 6.26 Å². The number of ether oxygens (including phenoxy) is 2. The fourth-order valence-corrected chi connectivity index (χ4v) is 2.99. The second kappa shape index (κ2) is 5.94.